The number of hydrogen-bond acceptors (Lipinski definition) is 7. The van der Waals surface area contributed by atoms with Crippen LogP contribution >= 0.6 is 11.3 Å². The highest BCUT2D eigenvalue weighted by atomic mass is 32.1. The van der Waals surface area contributed by atoms with E-state index in [-0.39, 0.29) is 40.2 Å². The Labute approximate surface area is 166 Å². The molecule has 0 aliphatic rings. The molecule has 0 spiro atoms. The average molecular weight is 428 g/mol. The molecule has 29 heavy (non-hydrogen) atoms. The number of nitrogens with zero attached hydrogens (tertiary/aromatic N) is 1. The number of thiazole rings is 1. The zero-order valence-electron chi connectivity index (χ0n) is 15.3. The Hall–Kier alpha value is -3.08. The number of aromatic nitrogens is 2. The minimum atomic E-state index is -4.60. The molecule has 3 aromatic heterocycles. The van der Waals surface area contributed by atoms with Gasteiger partial charge >= 0.3 is 12.1 Å². The van der Waals surface area contributed by atoms with E-state index in [2.05, 4.69) is 9.97 Å². The summed E-state index contributed by atoms with van der Waals surface area (Å²) in [6.07, 6.45) is -3.27. The van der Waals surface area contributed by atoms with Crippen LogP contribution in [-0.2, 0) is 17.5 Å². The van der Waals surface area contributed by atoms with Crippen molar-refractivity contribution >= 4 is 17.3 Å². The standard InChI is InChI=1S/C18H15F3N2O5S/c1-3-26-17(25)14-9(2)23-16(29-14)13-11(6-7-22-15(13)24)27-8-10-4-5-12(28-10)18(19,20)21/h4-7H,3,8H2,1-2H3,(H,22,24). The summed E-state index contributed by atoms with van der Waals surface area (Å²) in [7, 11) is 0. The van der Waals surface area contributed by atoms with Gasteiger partial charge in [0, 0.05) is 6.20 Å². The molecule has 0 atom stereocenters. The van der Waals surface area contributed by atoms with Crippen LogP contribution in [-0.4, -0.2) is 22.5 Å². The molecule has 0 unspecified atom stereocenters. The quantitative estimate of drug-likeness (QED) is 0.592. The second kappa shape index (κ2) is 8.11. The molecule has 3 aromatic rings. The molecule has 7 nitrogen and oxygen atoms in total. The van der Waals surface area contributed by atoms with Crippen molar-refractivity contribution in [2.75, 3.05) is 6.61 Å². The molecule has 0 bridgehead atoms. The third-order valence-corrected chi connectivity index (χ3v) is 4.86. The number of furan rings is 1. The number of esters is 1. The predicted molar refractivity (Wildman–Crippen MR) is 96.9 cm³/mol. The maximum Gasteiger partial charge on any atom is 0.449 e. The lowest BCUT2D eigenvalue weighted by molar-refractivity contribution is -0.153. The van der Waals surface area contributed by atoms with Gasteiger partial charge in [-0.3, -0.25) is 4.79 Å². The molecule has 0 fully saturated rings. The van der Waals surface area contributed by atoms with Gasteiger partial charge in [0.1, 0.15) is 33.6 Å². The molecule has 3 rings (SSSR count). The van der Waals surface area contributed by atoms with Crippen LogP contribution in [0.3, 0.4) is 0 Å². The fraction of sp³-hybridized carbons (Fsp3) is 0.278. The summed E-state index contributed by atoms with van der Waals surface area (Å²) in [4.78, 5) is 31.3. The number of halogens is 3. The summed E-state index contributed by atoms with van der Waals surface area (Å²) >= 11 is 0.960. The molecule has 0 aromatic carbocycles. The van der Waals surface area contributed by atoms with Gasteiger partial charge in [0.2, 0.25) is 5.76 Å². The minimum Gasteiger partial charge on any atom is -0.485 e. The van der Waals surface area contributed by atoms with Gasteiger partial charge in [-0.25, -0.2) is 9.78 Å². The van der Waals surface area contributed by atoms with E-state index in [0.717, 1.165) is 23.5 Å². The first kappa shape index (κ1) is 20.6. The van der Waals surface area contributed by atoms with Crippen molar-refractivity contribution in [3.8, 4) is 16.3 Å². The van der Waals surface area contributed by atoms with Gasteiger partial charge in [-0.1, -0.05) is 0 Å². The summed E-state index contributed by atoms with van der Waals surface area (Å²) in [5.74, 6) is -1.68. The van der Waals surface area contributed by atoms with Crippen molar-refractivity contribution < 1.29 is 31.9 Å². The van der Waals surface area contributed by atoms with E-state index in [9.17, 15) is 22.8 Å². The zero-order chi connectivity index (χ0) is 21.2. The lowest BCUT2D eigenvalue weighted by Crippen LogP contribution is -2.10. The fourth-order valence-electron chi connectivity index (χ4n) is 2.43. The van der Waals surface area contributed by atoms with Crippen LogP contribution in [0.4, 0.5) is 13.2 Å². The number of nitrogens with one attached hydrogen (secondary N) is 1. The molecule has 0 saturated carbocycles. The van der Waals surface area contributed by atoms with Gasteiger partial charge in [-0.05, 0) is 32.0 Å². The highest BCUT2D eigenvalue weighted by Gasteiger charge is 2.34. The largest absolute Gasteiger partial charge is 0.485 e. The number of aromatic amines is 1. The van der Waals surface area contributed by atoms with E-state index < -0.39 is 23.5 Å². The lowest BCUT2D eigenvalue weighted by atomic mass is 10.2. The number of alkyl halides is 3. The van der Waals surface area contributed by atoms with E-state index in [1.807, 2.05) is 0 Å². The average Bonchev–Trinajstić information content (AvgIpc) is 3.27. The first-order valence-corrected chi connectivity index (χ1v) is 9.17. The van der Waals surface area contributed by atoms with Gasteiger partial charge in [0.05, 0.1) is 12.3 Å². The molecule has 1 N–H and O–H groups in total. The Morgan fingerprint density at radius 2 is 2.07 bits per heavy atom. The van der Waals surface area contributed by atoms with Crippen molar-refractivity contribution in [1.29, 1.82) is 0 Å². The van der Waals surface area contributed by atoms with Crippen molar-refractivity contribution in [2.24, 2.45) is 0 Å². The number of ether oxygens (including phenoxy) is 2. The molecule has 0 amide bonds. The van der Waals surface area contributed by atoms with Gasteiger partial charge in [0.15, 0.2) is 0 Å². The van der Waals surface area contributed by atoms with Crippen molar-refractivity contribution in [1.82, 2.24) is 9.97 Å². The molecule has 11 heteroatoms. The number of H-pyrrole nitrogens is 1. The van der Waals surface area contributed by atoms with E-state index >= 15 is 0 Å². The number of pyridine rings is 1. The maximum atomic E-state index is 12.6. The molecule has 0 saturated heterocycles. The van der Waals surface area contributed by atoms with Crippen molar-refractivity contribution in [2.45, 2.75) is 26.6 Å². The number of rotatable bonds is 6. The monoisotopic (exact) mass is 428 g/mol. The van der Waals surface area contributed by atoms with Gasteiger partial charge in [-0.15, -0.1) is 11.3 Å². The van der Waals surface area contributed by atoms with Gasteiger partial charge in [-0.2, -0.15) is 13.2 Å². The first-order chi connectivity index (χ1) is 13.7. The van der Waals surface area contributed by atoms with Gasteiger partial charge in [0.25, 0.3) is 5.56 Å². The van der Waals surface area contributed by atoms with E-state index in [1.54, 1.807) is 13.8 Å². The SMILES string of the molecule is CCOC(=O)c1sc(-c2c(OCc3ccc(C(F)(F)F)o3)cc[nH]c2=O)nc1C. The van der Waals surface area contributed by atoms with Crippen molar-refractivity contribution in [3.05, 3.63) is 56.8 Å². The lowest BCUT2D eigenvalue weighted by Gasteiger charge is -2.08. The molecular formula is C18H15F3N2O5S. The van der Waals surface area contributed by atoms with E-state index in [1.165, 1.54) is 12.3 Å². The van der Waals surface area contributed by atoms with Crippen LogP contribution in [0.25, 0.3) is 10.6 Å². The normalized spacial score (nSPS) is 11.5. The molecule has 154 valence electrons. The molecule has 3 heterocycles. The fourth-order valence-corrected chi connectivity index (χ4v) is 3.44. The minimum absolute atomic E-state index is 0.0544. The van der Waals surface area contributed by atoms with Crippen LogP contribution in [0.1, 0.15) is 33.8 Å². The highest BCUT2D eigenvalue weighted by Crippen LogP contribution is 2.33. The summed E-state index contributed by atoms with van der Waals surface area (Å²) in [5.41, 5.74) is -0.0839. The van der Waals surface area contributed by atoms with Crippen LogP contribution < -0.4 is 10.3 Å². The Kier molecular flexibility index (Phi) is 5.78. The van der Waals surface area contributed by atoms with Crippen molar-refractivity contribution in [3.63, 3.8) is 0 Å². The Bertz CT molecular complexity index is 1080. The Morgan fingerprint density at radius 3 is 2.72 bits per heavy atom. The predicted octanol–water partition coefficient (Wildman–Crippen LogP) is 4.17. The summed E-state index contributed by atoms with van der Waals surface area (Å²) in [6, 6.07) is 3.38. The first-order valence-electron chi connectivity index (χ1n) is 8.36. The smallest absolute Gasteiger partial charge is 0.449 e. The van der Waals surface area contributed by atoms with Crippen LogP contribution in [0.2, 0.25) is 0 Å². The molecular weight excluding hydrogens is 413 g/mol. The second-order valence-electron chi connectivity index (χ2n) is 5.75. The summed E-state index contributed by atoms with van der Waals surface area (Å²) < 4.78 is 53.1. The van der Waals surface area contributed by atoms with Crippen LogP contribution in [0.15, 0.2) is 33.6 Å². The third-order valence-electron chi connectivity index (χ3n) is 3.70. The molecule has 0 radical (unpaired) electrons. The summed E-state index contributed by atoms with van der Waals surface area (Å²) in [6.45, 7) is 3.13. The second-order valence-corrected chi connectivity index (χ2v) is 6.75. The van der Waals surface area contributed by atoms with Crippen LogP contribution in [0.5, 0.6) is 5.75 Å². The molecule has 0 aliphatic carbocycles. The van der Waals surface area contributed by atoms with E-state index in [0.29, 0.717) is 5.69 Å². The highest BCUT2D eigenvalue weighted by molar-refractivity contribution is 7.17. The topological polar surface area (TPSA) is 94.4 Å². The number of carbonyl (C=O) groups is 1. The number of carbonyl (C=O) groups excluding carboxylic acids is 1. The number of hydrogen-bond donors (Lipinski definition) is 1. The Morgan fingerprint density at radius 1 is 1.31 bits per heavy atom. The van der Waals surface area contributed by atoms with E-state index in [4.69, 9.17) is 13.9 Å². The van der Waals surface area contributed by atoms with Crippen LogP contribution in [0, 0.1) is 6.92 Å². The maximum absolute atomic E-state index is 12.6. The third kappa shape index (κ3) is 4.50. The zero-order valence-corrected chi connectivity index (χ0v) is 16.1. The molecule has 0 aliphatic heterocycles. The van der Waals surface area contributed by atoms with Gasteiger partial charge < -0.3 is 18.9 Å². The summed E-state index contributed by atoms with van der Waals surface area (Å²) in [5, 5.41) is 0.220. The Balaban J connectivity index is 1.89. The number of aryl methyl sites for hydroxylation is 1.